The van der Waals surface area contributed by atoms with E-state index in [4.69, 9.17) is 16.3 Å². The molecule has 1 spiro atoms. The van der Waals surface area contributed by atoms with Crippen molar-refractivity contribution in [2.45, 2.75) is 63.5 Å². The fourth-order valence-corrected chi connectivity index (χ4v) is 4.29. The van der Waals surface area contributed by atoms with Gasteiger partial charge in [-0.3, -0.25) is 0 Å². The maximum Gasteiger partial charge on any atom is 0.125 e. The first-order valence-electron chi connectivity index (χ1n) is 8.31. The van der Waals surface area contributed by atoms with Gasteiger partial charge in [0.2, 0.25) is 0 Å². The molecular formula is C18H26ClNO. The molecule has 1 atom stereocenters. The number of nitrogens with one attached hydrogen (secondary N) is 1. The molecule has 0 aromatic heterocycles. The predicted octanol–water partition coefficient (Wildman–Crippen LogP) is 5.11. The maximum atomic E-state index is 6.48. The average Bonchev–Trinajstić information content (AvgIpc) is 2.50. The Morgan fingerprint density at radius 2 is 2.10 bits per heavy atom. The molecule has 21 heavy (non-hydrogen) atoms. The third-order valence-corrected chi connectivity index (χ3v) is 5.55. The van der Waals surface area contributed by atoms with Crippen LogP contribution in [0.15, 0.2) is 18.2 Å². The maximum absolute atomic E-state index is 6.48. The quantitative estimate of drug-likeness (QED) is 0.837. The lowest BCUT2D eigenvalue weighted by molar-refractivity contribution is -0.0148. The lowest BCUT2D eigenvalue weighted by Gasteiger charge is -2.46. The van der Waals surface area contributed by atoms with Gasteiger partial charge in [-0.1, -0.05) is 31.4 Å². The third-order valence-electron chi connectivity index (χ3n) is 5.31. The minimum absolute atomic E-state index is 0.0404. The highest BCUT2D eigenvalue weighted by Gasteiger charge is 2.43. The molecule has 1 heterocycles. The van der Waals surface area contributed by atoms with Crippen molar-refractivity contribution in [1.29, 1.82) is 0 Å². The van der Waals surface area contributed by atoms with E-state index in [1.807, 2.05) is 25.2 Å². The number of hydrogen-bond donors (Lipinski definition) is 1. The van der Waals surface area contributed by atoms with Crippen LogP contribution >= 0.6 is 11.6 Å². The van der Waals surface area contributed by atoms with Gasteiger partial charge in [0.05, 0.1) is 0 Å². The summed E-state index contributed by atoms with van der Waals surface area (Å²) in [5.74, 6) is 1.93. The summed E-state index contributed by atoms with van der Waals surface area (Å²) in [5, 5.41) is 4.25. The van der Waals surface area contributed by atoms with Crippen LogP contribution in [-0.2, 0) is 0 Å². The Labute approximate surface area is 133 Å². The van der Waals surface area contributed by atoms with E-state index in [0.29, 0.717) is 6.04 Å². The Balaban J connectivity index is 1.79. The fraction of sp³-hybridized carbons (Fsp3) is 0.667. The Morgan fingerprint density at radius 3 is 2.76 bits per heavy atom. The van der Waals surface area contributed by atoms with Crippen LogP contribution in [0.3, 0.4) is 0 Å². The first kappa shape index (κ1) is 15.2. The number of benzene rings is 1. The minimum atomic E-state index is 0.0404. The van der Waals surface area contributed by atoms with E-state index in [2.05, 4.69) is 12.2 Å². The van der Waals surface area contributed by atoms with Crippen LogP contribution in [0, 0.1) is 5.92 Å². The molecular weight excluding hydrogens is 282 g/mol. The zero-order valence-corrected chi connectivity index (χ0v) is 13.9. The molecule has 2 nitrogen and oxygen atoms in total. The van der Waals surface area contributed by atoms with Gasteiger partial charge in [0, 0.05) is 23.0 Å². The topological polar surface area (TPSA) is 21.3 Å². The predicted molar refractivity (Wildman–Crippen MR) is 88.1 cm³/mol. The van der Waals surface area contributed by atoms with Crippen molar-refractivity contribution < 1.29 is 4.74 Å². The summed E-state index contributed by atoms with van der Waals surface area (Å²) < 4.78 is 6.48. The van der Waals surface area contributed by atoms with Crippen molar-refractivity contribution in [3.05, 3.63) is 28.8 Å². The molecule has 3 rings (SSSR count). The van der Waals surface area contributed by atoms with E-state index in [1.165, 1.54) is 44.1 Å². The summed E-state index contributed by atoms with van der Waals surface area (Å²) in [7, 11) is 2.04. The van der Waals surface area contributed by atoms with Crippen LogP contribution in [0.25, 0.3) is 0 Å². The highest BCUT2D eigenvalue weighted by atomic mass is 35.5. The summed E-state index contributed by atoms with van der Waals surface area (Å²) in [5.41, 5.74) is 1.25. The highest BCUT2D eigenvalue weighted by molar-refractivity contribution is 6.30. The molecule has 1 aromatic carbocycles. The molecule has 1 aromatic rings. The molecule has 116 valence electrons. The smallest absolute Gasteiger partial charge is 0.125 e. The molecule has 2 aliphatic rings. The number of ether oxygens (including phenoxy) is 1. The molecule has 0 amide bonds. The second kappa shape index (κ2) is 6.18. The second-order valence-electron chi connectivity index (χ2n) is 6.74. The van der Waals surface area contributed by atoms with Crippen LogP contribution in [0.1, 0.15) is 63.5 Å². The molecule has 0 radical (unpaired) electrons. The summed E-state index contributed by atoms with van der Waals surface area (Å²) in [6.45, 7) is 2.29. The van der Waals surface area contributed by atoms with Crippen molar-refractivity contribution in [1.82, 2.24) is 5.32 Å². The van der Waals surface area contributed by atoms with Crippen LogP contribution in [0.2, 0.25) is 5.02 Å². The first-order chi connectivity index (χ1) is 10.2. The standard InChI is InChI=1S/C18H26ClNO/c1-3-4-13-7-9-18(10-8-13)12-16(20-2)15-11-14(19)5-6-17(15)21-18/h5-6,11,13,16,20H,3-4,7-10,12H2,1-2H3. The second-order valence-corrected chi connectivity index (χ2v) is 7.18. The summed E-state index contributed by atoms with van der Waals surface area (Å²) in [6.07, 6.45) is 8.75. The molecule has 1 unspecified atom stereocenters. The number of rotatable bonds is 3. The Hall–Kier alpha value is -0.730. The molecule has 0 bridgehead atoms. The molecule has 1 aliphatic heterocycles. The Kier molecular flexibility index (Phi) is 4.46. The van der Waals surface area contributed by atoms with Gasteiger partial charge in [-0.25, -0.2) is 0 Å². The van der Waals surface area contributed by atoms with Crippen LogP contribution in [0.4, 0.5) is 0 Å². The van der Waals surface area contributed by atoms with Gasteiger partial charge in [0.1, 0.15) is 11.4 Å². The van der Waals surface area contributed by atoms with Crippen molar-refractivity contribution in [3.8, 4) is 5.75 Å². The van der Waals surface area contributed by atoms with Gasteiger partial charge >= 0.3 is 0 Å². The van der Waals surface area contributed by atoms with E-state index in [-0.39, 0.29) is 5.60 Å². The normalized spacial score (nSPS) is 31.8. The zero-order valence-electron chi connectivity index (χ0n) is 13.1. The van der Waals surface area contributed by atoms with E-state index in [0.717, 1.165) is 23.1 Å². The summed E-state index contributed by atoms with van der Waals surface area (Å²) >= 11 is 6.15. The van der Waals surface area contributed by atoms with Gasteiger partial charge in [0.15, 0.2) is 0 Å². The monoisotopic (exact) mass is 307 g/mol. The van der Waals surface area contributed by atoms with E-state index >= 15 is 0 Å². The van der Waals surface area contributed by atoms with Gasteiger partial charge in [-0.15, -0.1) is 0 Å². The van der Waals surface area contributed by atoms with Gasteiger partial charge in [-0.05, 0) is 56.8 Å². The highest BCUT2D eigenvalue weighted by Crippen LogP contribution is 2.48. The van der Waals surface area contributed by atoms with E-state index in [9.17, 15) is 0 Å². The first-order valence-corrected chi connectivity index (χ1v) is 8.69. The number of halogens is 1. The van der Waals surface area contributed by atoms with Gasteiger partial charge in [-0.2, -0.15) is 0 Å². The lowest BCUT2D eigenvalue weighted by Crippen LogP contribution is -2.46. The SMILES string of the molecule is CCCC1CCC2(CC1)CC(NC)c1cc(Cl)ccc1O2. The van der Waals surface area contributed by atoms with Crippen LogP contribution < -0.4 is 10.1 Å². The van der Waals surface area contributed by atoms with Crippen molar-refractivity contribution in [2.75, 3.05) is 7.05 Å². The summed E-state index contributed by atoms with van der Waals surface area (Å²) in [4.78, 5) is 0. The van der Waals surface area contributed by atoms with E-state index in [1.54, 1.807) is 0 Å². The average molecular weight is 308 g/mol. The Bertz CT molecular complexity index is 494. The molecule has 0 saturated heterocycles. The fourth-order valence-electron chi connectivity index (χ4n) is 4.11. The molecule has 1 fully saturated rings. The molecule has 1 N–H and O–H groups in total. The minimum Gasteiger partial charge on any atom is -0.487 e. The van der Waals surface area contributed by atoms with Crippen molar-refractivity contribution in [2.24, 2.45) is 5.92 Å². The van der Waals surface area contributed by atoms with E-state index < -0.39 is 0 Å². The van der Waals surface area contributed by atoms with Crippen LogP contribution in [-0.4, -0.2) is 12.6 Å². The number of hydrogen-bond acceptors (Lipinski definition) is 2. The zero-order chi connectivity index (χ0) is 14.9. The molecule has 1 saturated carbocycles. The van der Waals surface area contributed by atoms with Crippen LogP contribution in [0.5, 0.6) is 5.75 Å². The van der Waals surface area contributed by atoms with Gasteiger partial charge in [0.25, 0.3) is 0 Å². The number of fused-ring (bicyclic) bond motifs is 1. The Morgan fingerprint density at radius 1 is 1.33 bits per heavy atom. The largest absolute Gasteiger partial charge is 0.487 e. The third kappa shape index (κ3) is 3.07. The lowest BCUT2D eigenvalue weighted by atomic mass is 9.72. The van der Waals surface area contributed by atoms with Gasteiger partial charge < -0.3 is 10.1 Å². The summed E-state index contributed by atoms with van der Waals surface area (Å²) in [6, 6.07) is 6.39. The van der Waals surface area contributed by atoms with Crippen molar-refractivity contribution >= 4 is 11.6 Å². The molecule has 1 aliphatic carbocycles. The van der Waals surface area contributed by atoms with Crippen molar-refractivity contribution in [3.63, 3.8) is 0 Å². The molecule has 3 heteroatoms.